The summed E-state index contributed by atoms with van der Waals surface area (Å²) in [6, 6.07) is 11.8. The summed E-state index contributed by atoms with van der Waals surface area (Å²) in [4.78, 5) is 22.9. The number of nitrogens with one attached hydrogen (secondary N) is 1. The second-order valence-electron chi connectivity index (χ2n) is 8.21. The summed E-state index contributed by atoms with van der Waals surface area (Å²) in [7, 11) is 0. The summed E-state index contributed by atoms with van der Waals surface area (Å²) in [6.07, 6.45) is 0.776. The fourth-order valence-corrected chi connectivity index (χ4v) is 5.60. The van der Waals surface area contributed by atoms with Gasteiger partial charge in [-0.05, 0) is 37.2 Å². The number of benzene rings is 2. The summed E-state index contributed by atoms with van der Waals surface area (Å²) < 4.78 is 6.84. The third-order valence-corrected chi connectivity index (χ3v) is 7.64. The zero-order chi connectivity index (χ0) is 21.4. The molecular weight excluding hydrogens is 408 g/mol. The SMILES string of the molecule is CCN1CCN(c2nc3ccc(C(=O)NC4CCOc5ccccc54)c(C)c3s2)CC1. The van der Waals surface area contributed by atoms with Gasteiger partial charge >= 0.3 is 0 Å². The number of hydrogen-bond acceptors (Lipinski definition) is 6. The van der Waals surface area contributed by atoms with E-state index in [4.69, 9.17) is 9.72 Å². The molecule has 0 spiro atoms. The van der Waals surface area contributed by atoms with Crippen molar-refractivity contribution in [3.63, 3.8) is 0 Å². The van der Waals surface area contributed by atoms with Crippen molar-refractivity contribution in [2.24, 2.45) is 0 Å². The lowest BCUT2D eigenvalue weighted by atomic mass is 9.99. The largest absolute Gasteiger partial charge is 0.493 e. The summed E-state index contributed by atoms with van der Waals surface area (Å²) >= 11 is 1.70. The molecule has 1 fully saturated rings. The van der Waals surface area contributed by atoms with Crippen LogP contribution < -0.4 is 15.0 Å². The third kappa shape index (κ3) is 3.88. The molecule has 5 rings (SSSR count). The maximum Gasteiger partial charge on any atom is 0.252 e. The molecule has 0 aliphatic carbocycles. The standard InChI is InChI=1S/C24H28N4O2S/c1-3-27-11-13-28(14-12-27)24-26-20-9-8-17(16(2)22(20)31-24)23(29)25-19-10-15-30-21-7-5-4-6-18(19)21/h4-9,19H,3,10-15H2,1-2H3,(H,25,29). The van der Waals surface area contributed by atoms with Crippen LogP contribution in [0.15, 0.2) is 36.4 Å². The molecule has 7 heteroatoms. The number of hydrogen-bond donors (Lipinski definition) is 1. The molecule has 2 aromatic carbocycles. The van der Waals surface area contributed by atoms with Gasteiger partial charge in [-0.25, -0.2) is 4.98 Å². The first-order chi connectivity index (χ1) is 15.1. The second-order valence-corrected chi connectivity index (χ2v) is 9.18. The molecule has 1 unspecified atom stereocenters. The molecule has 3 aromatic rings. The van der Waals surface area contributed by atoms with E-state index in [1.807, 2.05) is 43.3 Å². The molecule has 2 aliphatic heterocycles. The average molecular weight is 437 g/mol. The minimum Gasteiger partial charge on any atom is -0.493 e. The summed E-state index contributed by atoms with van der Waals surface area (Å²) in [5, 5.41) is 4.29. The first-order valence-electron chi connectivity index (χ1n) is 11.0. The number of ether oxygens (including phenoxy) is 1. The lowest BCUT2D eigenvalue weighted by Gasteiger charge is -2.33. The van der Waals surface area contributed by atoms with Crippen LogP contribution in [0, 0.1) is 6.92 Å². The molecule has 2 aliphatic rings. The molecule has 1 aromatic heterocycles. The van der Waals surface area contributed by atoms with Gasteiger partial charge in [0.25, 0.3) is 5.91 Å². The number of carbonyl (C=O) groups excluding carboxylic acids is 1. The molecule has 6 nitrogen and oxygen atoms in total. The molecule has 0 radical (unpaired) electrons. The van der Waals surface area contributed by atoms with Crippen molar-refractivity contribution in [1.82, 2.24) is 15.2 Å². The topological polar surface area (TPSA) is 57.7 Å². The van der Waals surface area contributed by atoms with Crippen molar-refractivity contribution >= 4 is 32.6 Å². The van der Waals surface area contributed by atoms with Gasteiger partial charge < -0.3 is 19.9 Å². The number of nitrogens with zero attached hydrogens (tertiary/aromatic N) is 3. The van der Waals surface area contributed by atoms with Gasteiger partial charge in [-0.1, -0.05) is 36.5 Å². The molecule has 31 heavy (non-hydrogen) atoms. The monoisotopic (exact) mass is 436 g/mol. The molecule has 0 bridgehead atoms. The number of para-hydroxylation sites is 1. The van der Waals surface area contributed by atoms with Gasteiger partial charge in [-0.2, -0.15) is 0 Å². The molecule has 0 saturated carbocycles. The molecule has 1 atom stereocenters. The normalized spacial score (nSPS) is 19.2. The highest BCUT2D eigenvalue weighted by atomic mass is 32.1. The number of piperazine rings is 1. The van der Waals surface area contributed by atoms with E-state index in [1.54, 1.807) is 11.3 Å². The van der Waals surface area contributed by atoms with Gasteiger partial charge in [0.2, 0.25) is 0 Å². The van der Waals surface area contributed by atoms with Crippen LogP contribution in [-0.4, -0.2) is 55.1 Å². The number of amides is 1. The smallest absolute Gasteiger partial charge is 0.252 e. The molecule has 3 heterocycles. The van der Waals surface area contributed by atoms with Crippen LogP contribution in [-0.2, 0) is 0 Å². The number of aromatic nitrogens is 1. The Bertz CT molecular complexity index is 1100. The van der Waals surface area contributed by atoms with E-state index < -0.39 is 0 Å². The van der Waals surface area contributed by atoms with Gasteiger partial charge in [0, 0.05) is 43.7 Å². The quantitative estimate of drug-likeness (QED) is 0.670. The van der Waals surface area contributed by atoms with Gasteiger partial charge in [0.15, 0.2) is 5.13 Å². The van der Waals surface area contributed by atoms with Gasteiger partial charge in [0.05, 0.1) is 22.9 Å². The van der Waals surface area contributed by atoms with Crippen molar-refractivity contribution in [2.75, 3.05) is 44.2 Å². The highest BCUT2D eigenvalue weighted by Crippen LogP contribution is 2.35. The van der Waals surface area contributed by atoms with Crippen LogP contribution in [0.3, 0.4) is 0 Å². The first kappa shape index (κ1) is 20.3. The van der Waals surface area contributed by atoms with Crippen molar-refractivity contribution in [2.45, 2.75) is 26.3 Å². The number of thiazole rings is 1. The Labute approximate surface area is 186 Å². The van der Waals surface area contributed by atoms with Crippen molar-refractivity contribution < 1.29 is 9.53 Å². The highest BCUT2D eigenvalue weighted by molar-refractivity contribution is 7.22. The zero-order valence-corrected chi connectivity index (χ0v) is 18.9. The number of likely N-dealkylation sites (N-methyl/N-ethyl adjacent to an activating group) is 1. The fraction of sp³-hybridized carbons (Fsp3) is 0.417. The van der Waals surface area contributed by atoms with E-state index >= 15 is 0 Å². The predicted octanol–water partition coefficient (Wildman–Crippen LogP) is 4.00. The van der Waals surface area contributed by atoms with Crippen molar-refractivity contribution in [1.29, 1.82) is 0 Å². The van der Waals surface area contributed by atoms with Crippen LogP contribution in [0.1, 0.15) is 40.9 Å². The van der Waals surface area contributed by atoms with Crippen LogP contribution in [0.2, 0.25) is 0 Å². The maximum atomic E-state index is 13.2. The van der Waals surface area contributed by atoms with E-state index in [2.05, 4.69) is 22.0 Å². The Morgan fingerprint density at radius 2 is 2.00 bits per heavy atom. The summed E-state index contributed by atoms with van der Waals surface area (Å²) in [5.41, 5.74) is 3.75. The second kappa shape index (κ2) is 8.48. The van der Waals surface area contributed by atoms with Gasteiger partial charge in [-0.3, -0.25) is 4.79 Å². The lowest BCUT2D eigenvalue weighted by Crippen LogP contribution is -2.46. The number of carbonyl (C=O) groups is 1. The Balaban J connectivity index is 1.37. The van der Waals surface area contributed by atoms with E-state index in [1.165, 1.54) is 0 Å². The van der Waals surface area contributed by atoms with E-state index in [0.717, 1.165) is 76.9 Å². The van der Waals surface area contributed by atoms with Crippen LogP contribution in [0.25, 0.3) is 10.2 Å². The summed E-state index contributed by atoms with van der Waals surface area (Å²) in [5.74, 6) is 0.828. The Morgan fingerprint density at radius 3 is 2.81 bits per heavy atom. The molecule has 1 N–H and O–H groups in total. The Morgan fingerprint density at radius 1 is 1.19 bits per heavy atom. The fourth-order valence-electron chi connectivity index (χ4n) is 4.48. The van der Waals surface area contributed by atoms with Crippen molar-refractivity contribution in [3.8, 4) is 5.75 Å². The first-order valence-corrected chi connectivity index (χ1v) is 11.9. The predicted molar refractivity (Wildman–Crippen MR) is 125 cm³/mol. The Kier molecular flexibility index (Phi) is 5.54. The average Bonchev–Trinajstić information content (AvgIpc) is 3.25. The van der Waals surface area contributed by atoms with Crippen LogP contribution in [0.5, 0.6) is 5.75 Å². The highest BCUT2D eigenvalue weighted by Gasteiger charge is 2.25. The Hall–Kier alpha value is -2.64. The minimum absolute atomic E-state index is 0.0283. The number of aryl methyl sites for hydroxylation is 1. The number of fused-ring (bicyclic) bond motifs is 2. The molecule has 162 valence electrons. The number of anilines is 1. The molecule has 1 amide bonds. The maximum absolute atomic E-state index is 13.2. The van der Waals surface area contributed by atoms with Gasteiger partial charge in [0.1, 0.15) is 5.75 Å². The van der Waals surface area contributed by atoms with E-state index in [9.17, 15) is 4.79 Å². The van der Waals surface area contributed by atoms with Crippen molar-refractivity contribution in [3.05, 3.63) is 53.1 Å². The zero-order valence-electron chi connectivity index (χ0n) is 18.1. The number of rotatable bonds is 4. The molecule has 1 saturated heterocycles. The molecular formula is C24H28N4O2S. The van der Waals surface area contributed by atoms with Gasteiger partial charge in [-0.15, -0.1) is 0 Å². The lowest BCUT2D eigenvalue weighted by molar-refractivity contribution is 0.0924. The van der Waals surface area contributed by atoms with Crippen LogP contribution in [0.4, 0.5) is 5.13 Å². The summed E-state index contributed by atoms with van der Waals surface area (Å²) in [6.45, 7) is 10.1. The minimum atomic E-state index is -0.0346. The van der Waals surface area contributed by atoms with E-state index in [0.29, 0.717) is 6.61 Å². The van der Waals surface area contributed by atoms with E-state index in [-0.39, 0.29) is 11.9 Å². The van der Waals surface area contributed by atoms with Crippen LogP contribution >= 0.6 is 11.3 Å². The third-order valence-electron chi connectivity index (χ3n) is 6.39.